The quantitative estimate of drug-likeness (QED) is 0.597. The van der Waals surface area contributed by atoms with Gasteiger partial charge in [0, 0.05) is 18.3 Å². The number of nitrogens with zero attached hydrogens (tertiary/aromatic N) is 1. The molecule has 0 aliphatic rings. The van der Waals surface area contributed by atoms with Crippen molar-refractivity contribution in [3.63, 3.8) is 0 Å². The van der Waals surface area contributed by atoms with Crippen molar-refractivity contribution >= 4 is 33.2 Å². The number of alkyl halides is 3. The van der Waals surface area contributed by atoms with Gasteiger partial charge in [0.1, 0.15) is 5.75 Å². The molecular formula is C19H18ClF3N2O4S. The van der Waals surface area contributed by atoms with Gasteiger partial charge in [-0.15, -0.1) is 6.58 Å². The zero-order valence-corrected chi connectivity index (χ0v) is 17.3. The van der Waals surface area contributed by atoms with E-state index in [0.717, 1.165) is 12.1 Å². The number of ether oxygens (including phenoxy) is 1. The van der Waals surface area contributed by atoms with Crippen molar-refractivity contribution in [1.29, 1.82) is 0 Å². The van der Waals surface area contributed by atoms with Gasteiger partial charge in [-0.05, 0) is 30.3 Å². The highest BCUT2D eigenvalue weighted by Gasteiger charge is 2.35. The average Bonchev–Trinajstić information content (AvgIpc) is 2.67. The number of carbonyl (C=O) groups is 1. The van der Waals surface area contributed by atoms with Gasteiger partial charge < -0.3 is 10.1 Å². The first-order chi connectivity index (χ1) is 14.0. The summed E-state index contributed by atoms with van der Waals surface area (Å²) < 4.78 is 70.8. The Morgan fingerprint density at radius 1 is 1.27 bits per heavy atom. The predicted octanol–water partition coefficient (Wildman–Crippen LogP) is 4.18. The molecule has 0 bridgehead atoms. The first-order valence-electron chi connectivity index (χ1n) is 8.40. The Hall–Kier alpha value is -2.56. The first-order valence-corrected chi connectivity index (χ1v) is 10.2. The standard InChI is InChI=1S/C19H18ClF3N2O4S/c1-3-9-25(12-18(26)24-13-5-4-6-14(10-13)29-2)30(27,28)15-7-8-17(20)16(11-15)19(21,22)23/h3-8,10-11H,1,9,12H2,2H3,(H,24,26). The molecular weight excluding hydrogens is 445 g/mol. The lowest BCUT2D eigenvalue weighted by Gasteiger charge is -2.21. The highest BCUT2D eigenvalue weighted by molar-refractivity contribution is 7.89. The van der Waals surface area contributed by atoms with Gasteiger partial charge in [-0.1, -0.05) is 23.7 Å². The molecule has 0 saturated heterocycles. The Balaban J connectivity index is 2.30. The molecule has 0 radical (unpaired) electrons. The van der Waals surface area contributed by atoms with E-state index in [1.807, 2.05) is 0 Å². The van der Waals surface area contributed by atoms with Crippen LogP contribution in [0.2, 0.25) is 5.02 Å². The molecule has 162 valence electrons. The molecule has 0 fully saturated rings. The fraction of sp³-hybridized carbons (Fsp3) is 0.211. The summed E-state index contributed by atoms with van der Waals surface area (Å²) in [5.41, 5.74) is -0.925. The highest BCUT2D eigenvalue weighted by atomic mass is 35.5. The minimum atomic E-state index is -4.84. The van der Waals surface area contributed by atoms with Crippen LogP contribution in [0.4, 0.5) is 18.9 Å². The van der Waals surface area contributed by atoms with Crippen molar-refractivity contribution in [2.75, 3.05) is 25.5 Å². The van der Waals surface area contributed by atoms with Gasteiger partial charge in [0.25, 0.3) is 0 Å². The third-order valence-electron chi connectivity index (χ3n) is 3.89. The number of benzene rings is 2. The van der Waals surface area contributed by atoms with Gasteiger partial charge in [-0.2, -0.15) is 17.5 Å². The maximum Gasteiger partial charge on any atom is 0.417 e. The van der Waals surface area contributed by atoms with E-state index in [9.17, 15) is 26.4 Å². The number of sulfonamides is 1. The second-order valence-corrected chi connectivity index (χ2v) is 8.35. The molecule has 2 aromatic rings. The molecule has 1 N–H and O–H groups in total. The van der Waals surface area contributed by atoms with Crippen LogP contribution in [0.15, 0.2) is 60.0 Å². The molecule has 0 spiro atoms. The third kappa shape index (κ3) is 5.74. The van der Waals surface area contributed by atoms with E-state index in [1.54, 1.807) is 18.2 Å². The summed E-state index contributed by atoms with van der Waals surface area (Å²) >= 11 is 5.55. The lowest BCUT2D eigenvalue weighted by molar-refractivity contribution is -0.137. The van der Waals surface area contributed by atoms with Gasteiger partial charge in [0.2, 0.25) is 15.9 Å². The van der Waals surface area contributed by atoms with E-state index in [-0.39, 0.29) is 6.54 Å². The van der Waals surface area contributed by atoms with Gasteiger partial charge >= 0.3 is 6.18 Å². The summed E-state index contributed by atoms with van der Waals surface area (Å²) in [6.07, 6.45) is -3.62. The van der Waals surface area contributed by atoms with E-state index in [0.29, 0.717) is 21.8 Å². The fourth-order valence-corrected chi connectivity index (χ4v) is 4.10. The Kier molecular flexibility index (Phi) is 7.51. The average molecular weight is 463 g/mol. The van der Waals surface area contributed by atoms with Gasteiger partial charge in [-0.3, -0.25) is 4.79 Å². The minimum absolute atomic E-state index is 0.294. The van der Waals surface area contributed by atoms with Crippen molar-refractivity contribution < 1.29 is 31.1 Å². The van der Waals surface area contributed by atoms with E-state index in [1.165, 1.54) is 19.3 Å². The summed E-state index contributed by atoms with van der Waals surface area (Å²) in [5, 5.41) is 1.88. The number of amides is 1. The molecule has 0 aromatic heterocycles. The largest absolute Gasteiger partial charge is 0.497 e. The first kappa shape index (κ1) is 23.7. The van der Waals surface area contributed by atoms with E-state index >= 15 is 0 Å². The molecule has 0 atom stereocenters. The summed E-state index contributed by atoms with van der Waals surface area (Å²) in [6, 6.07) is 8.61. The Morgan fingerprint density at radius 2 is 1.97 bits per heavy atom. The summed E-state index contributed by atoms with van der Waals surface area (Å²) in [5.74, 6) is -0.220. The highest BCUT2D eigenvalue weighted by Crippen LogP contribution is 2.36. The maximum atomic E-state index is 13.1. The molecule has 0 aliphatic carbocycles. The molecule has 2 aromatic carbocycles. The van der Waals surface area contributed by atoms with Crippen LogP contribution in [-0.4, -0.2) is 38.8 Å². The summed E-state index contributed by atoms with van der Waals surface area (Å²) in [4.78, 5) is 11.7. The molecule has 30 heavy (non-hydrogen) atoms. The predicted molar refractivity (Wildman–Crippen MR) is 107 cm³/mol. The van der Waals surface area contributed by atoms with E-state index in [2.05, 4.69) is 11.9 Å². The third-order valence-corrected chi connectivity index (χ3v) is 6.02. The number of hydrogen-bond donors (Lipinski definition) is 1. The number of hydrogen-bond acceptors (Lipinski definition) is 4. The van der Waals surface area contributed by atoms with Gasteiger partial charge in [-0.25, -0.2) is 8.42 Å². The topological polar surface area (TPSA) is 75.7 Å². The normalized spacial score (nSPS) is 11.9. The van der Waals surface area contributed by atoms with Crippen LogP contribution >= 0.6 is 11.6 Å². The SMILES string of the molecule is C=CCN(CC(=O)Nc1cccc(OC)c1)S(=O)(=O)c1ccc(Cl)c(C(F)(F)F)c1. The van der Waals surface area contributed by atoms with Crippen LogP contribution in [0, 0.1) is 0 Å². The molecule has 0 unspecified atom stereocenters. The monoisotopic (exact) mass is 462 g/mol. The molecule has 0 aliphatic heterocycles. The summed E-state index contributed by atoms with van der Waals surface area (Å²) in [6.45, 7) is 2.50. The van der Waals surface area contributed by atoms with Crippen LogP contribution in [0.5, 0.6) is 5.75 Å². The molecule has 1 amide bonds. The zero-order valence-electron chi connectivity index (χ0n) is 15.7. The van der Waals surface area contributed by atoms with Crippen LogP contribution < -0.4 is 10.1 Å². The fourth-order valence-electron chi connectivity index (χ4n) is 2.48. The minimum Gasteiger partial charge on any atom is -0.497 e. The number of methoxy groups -OCH3 is 1. The van der Waals surface area contributed by atoms with Crippen molar-refractivity contribution in [3.8, 4) is 5.75 Å². The maximum absolute atomic E-state index is 13.1. The smallest absolute Gasteiger partial charge is 0.417 e. The number of anilines is 1. The van der Waals surface area contributed by atoms with Crippen molar-refractivity contribution in [3.05, 3.63) is 65.7 Å². The number of nitrogens with one attached hydrogen (secondary N) is 1. The number of halogens is 4. The van der Waals surface area contributed by atoms with Crippen LogP contribution in [0.3, 0.4) is 0 Å². The second-order valence-electron chi connectivity index (χ2n) is 6.01. The van der Waals surface area contributed by atoms with Gasteiger partial charge in [0.15, 0.2) is 0 Å². The van der Waals surface area contributed by atoms with Gasteiger partial charge in [0.05, 0.1) is 29.1 Å². The van der Waals surface area contributed by atoms with Crippen molar-refractivity contribution in [2.24, 2.45) is 0 Å². The summed E-state index contributed by atoms with van der Waals surface area (Å²) in [7, 11) is -3.00. The molecule has 6 nitrogen and oxygen atoms in total. The molecule has 0 saturated carbocycles. The van der Waals surface area contributed by atoms with Crippen LogP contribution in [0.25, 0.3) is 0 Å². The number of rotatable bonds is 8. The zero-order chi connectivity index (χ0) is 22.5. The Labute approximate surface area is 176 Å². The van der Waals surface area contributed by atoms with E-state index < -0.39 is 44.1 Å². The second kappa shape index (κ2) is 9.50. The van der Waals surface area contributed by atoms with Crippen molar-refractivity contribution in [1.82, 2.24) is 4.31 Å². The van der Waals surface area contributed by atoms with E-state index in [4.69, 9.17) is 16.3 Å². The Morgan fingerprint density at radius 3 is 2.57 bits per heavy atom. The number of carbonyl (C=O) groups excluding carboxylic acids is 1. The van der Waals surface area contributed by atoms with Crippen molar-refractivity contribution in [2.45, 2.75) is 11.1 Å². The Bertz CT molecular complexity index is 1040. The molecule has 11 heteroatoms. The lowest BCUT2D eigenvalue weighted by atomic mass is 10.2. The van der Waals surface area contributed by atoms with Crippen LogP contribution in [0.1, 0.15) is 5.56 Å². The molecule has 0 heterocycles. The lowest BCUT2D eigenvalue weighted by Crippen LogP contribution is -2.38. The van der Waals surface area contributed by atoms with Crippen LogP contribution in [-0.2, 0) is 21.0 Å². The molecule has 2 rings (SSSR count).